The maximum absolute atomic E-state index is 12.7. The fraction of sp³-hybridized carbons (Fsp3) is 0.550. The first-order chi connectivity index (χ1) is 14.0. The molecule has 0 unspecified atom stereocenters. The highest BCUT2D eigenvalue weighted by atomic mass is 32.2. The van der Waals surface area contributed by atoms with Crippen molar-refractivity contribution in [1.82, 2.24) is 10.2 Å². The number of fused-ring (bicyclic) bond motifs is 1. The molecule has 9 heteroatoms. The highest BCUT2D eigenvalue weighted by Crippen LogP contribution is 2.31. The molecule has 0 radical (unpaired) electrons. The van der Waals surface area contributed by atoms with Crippen LogP contribution in [0.15, 0.2) is 33.6 Å². The predicted octanol–water partition coefficient (Wildman–Crippen LogP) is 1.59. The summed E-state index contributed by atoms with van der Waals surface area (Å²) in [6.45, 7) is 0.192. The van der Waals surface area contributed by atoms with Crippen molar-refractivity contribution < 1.29 is 22.7 Å². The van der Waals surface area contributed by atoms with Crippen LogP contribution >= 0.6 is 0 Å². The summed E-state index contributed by atoms with van der Waals surface area (Å²) in [5.74, 6) is -0.521. The number of nitrogens with zero attached hydrogens (tertiary/aromatic N) is 2. The number of hydrogen-bond acceptors (Lipinski definition) is 6. The average Bonchev–Trinajstić information content (AvgIpc) is 3.32. The van der Waals surface area contributed by atoms with Crippen LogP contribution in [-0.4, -0.2) is 56.3 Å². The predicted molar refractivity (Wildman–Crippen MR) is 106 cm³/mol. The van der Waals surface area contributed by atoms with E-state index in [1.807, 2.05) is 0 Å². The monoisotopic (exact) mass is 419 g/mol. The molecule has 1 amide bonds. The van der Waals surface area contributed by atoms with Gasteiger partial charge in [0.25, 0.3) is 15.9 Å². The van der Waals surface area contributed by atoms with Crippen LogP contribution in [0.1, 0.15) is 50.5 Å². The summed E-state index contributed by atoms with van der Waals surface area (Å²) in [4.78, 5) is 26.7. The van der Waals surface area contributed by atoms with Gasteiger partial charge in [-0.25, -0.2) is 4.79 Å². The van der Waals surface area contributed by atoms with Crippen molar-refractivity contribution in [3.8, 4) is 0 Å². The van der Waals surface area contributed by atoms with Gasteiger partial charge in [0, 0.05) is 18.2 Å². The number of likely N-dealkylation sites (tertiary alicyclic amines) is 1. The summed E-state index contributed by atoms with van der Waals surface area (Å²) in [5.41, 5.74) is 0.506. The smallest absolute Gasteiger partial charge is 0.329 e. The molecule has 8 nitrogen and oxygen atoms in total. The lowest BCUT2D eigenvalue weighted by Gasteiger charge is -2.35. The summed E-state index contributed by atoms with van der Waals surface area (Å²) in [7, 11) is -3.76. The van der Waals surface area contributed by atoms with Gasteiger partial charge in [-0.2, -0.15) is 8.42 Å². The molecule has 1 aliphatic carbocycles. The Balaban J connectivity index is 1.45. The maximum Gasteiger partial charge on any atom is 0.329 e. The zero-order chi connectivity index (χ0) is 20.4. The van der Waals surface area contributed by atoms with Gasteiger partial charge in [-0.1, -0.05) is 25.0 Å². The number of rotatable bonds is 4. The SMILES string of the molecule is O=C(COC(=O)[C@H]1CCCCN1C1=NS(=O)(=O)c2ccccc21)NC1CCCC1. The van der Waals surface area contributed by atoms with Gasteiger partial charge in [0.2, 0.25) is 0 Å². The third kappa shape index (κ3) is 4.14. The summed E-state index contributed by atoms with van der Waals surface area (Å²) >= 11 is 0. The van der Waals surface area contributed by atoms with Crippen molar-refractivity contribution in [3.63, 3.8) is 0 Å². The van der Waals surface area contributed by atoms with Gasteiger partial charge in [0.15, 0.2) is 12.4 Å². The Morgan fingerprint density at radius 1 is 1.10 bits per heavy atom. The number of amides is 1. The van der Waals surface area contributed by atoms with E-state index in [0.717, 1.165) is 38.5 Å². The molecule has 2 fully saturated rings. The van der Waals surface area contributed by atoms with Crippen LogP contribution in [0.3, 0.4) is 0 Å². The van der Waals surface area contributed by atoms with Crippen molar-refractivity contribution >= 4 is 27.7 Å². The summed E-state index contributed by atoms with van der Waals surface area (Å²) in [5, 5.41) is 2.89. The van der Waals surface area contributed by atoms with E-state index in [0.29, 0.717) is 18.5 Å². The number of amidine groups is 1. The van der Waals surface area contributed by atoms with Crippen LogP contribution in [0.2, 0.25) is 0 Å². The van der Waals surface area contributed by atoms with E-state index in [1.54, 1.807) is 23.1 Å². The highest BCUT2D eigenvalue weighted by Gasteiger charge is 2.38. The number of ether oxygens (including phenoxy) is 1. The van der Waals surface area contributed by atoms with Gasteiger partial charge in [0.05, 0.1) is 0 Å². The summed E-state index contributed by atoms with van der Waals surface area (Å²) in [6, 6.07) is 6.14. The molecule has 3 aliphatic rings. The minimum atomic E-state index is -3.76. The Kier molecular flexibility index (Phi) is 5.58. The van der Waals surface area contributed by atoms with Crippen LogP contribution < -0.4 is 5.32 Å². The van der Waals surface area contributed by atoms with E-state index < -0.39 is 22.0 Å². The number of carbonyl (C=O) groups is 2. The minimum absolute atomic E-state index is 0.156. The van der Waals surface area contributed by atoms with E-state index in [2.05, 4.69) is 9.71 Å². The lowest BCUT2D eigenvalue weighted by atomic mass is 10.0. The van der Waals surface area contributed by atoms with Crippen LogP contribution in [0, 0.1) is 0 Å². The van der Waals surface area contributed by atoms with Crippen LogP contribution in [-0.2, 0) is 24.3 Å². The molecular formula is C20H25N3O5S. The van der Waals surface area contributed by atoms with Gasteiger partial charge in [-0.05, 0) is 44.2 Å². The van der Waals surface area contributed by atoms with E-state index in [4.69, 9.17) is 4.74 Å². The molecule has 1 saturated heterocycles. The molecule has 1 aromatic carbocycles. The second kappa shape index (κ2) is 8.14. The number of carbonyl (C=O) groups excluding carboxylic acids is 2. The maximum atomic E-state index is 12.7. The first kappa shape index (κ1) is 19.9. The Bertz CT molecular complexity index is 937. The lowest BCUT2D eigenvalue weighted by Crippen LogP contribution is -2.49. The molecule has 1 aromatic rings. The number of piperidine rings is 1. The molecule has 1 atom stereocenters. The van der Waals surface area contributed by atoms with E-state index in [-0.39, 0.29) is 29.3 Å². The third-order valence-corrected chi connectivity index (χ3v) is 7.05. The quantitative estimate of drug-likeness (QED) is 0.743. The molecule has 1 saturated carbocycles. The van der Waals surface area contributed by atoms with Crippen molar-refractivity contribution in [2.24, 2.45) is 4.40 Å². The summed E-state index contributed by atoms with van der Waals surface area (Å²) < 4.78 is 34.0. The standard InChI is InChI=1S/C20H25N3O5S/c24-18(21-14-7-1-2-8-14)13-28-20(25)16-10-5-6-12-23(16)19-15-9-3-4-11-17(15)29(26,27)22-19/h3-4,9,11,14,16H,1-2,5-8,10,12-13H2,(H,21,24)/t16-/m1/s1. The average molecular weight is 420 g/mol. The van der Waals surface area contributed by atoms with Crippen molar-refractivity contribution in [3.05, 3.63) is 29.8 Å². The van der Waals surface area contributed by atoms with E-state index >= 15 is 0 Å². The number of sulfonamides is 1. The number of nitrogens with one attached hydrogen (secondary N) is 1. The van der Waals surface area contributed by atoms with Gasteiger partial charge >= 0.3 is 5.97 Å². The van der Waals surface area contributed by atoms with Gasteiger partial charge < -0.3 is 15.0 Å². The number of benzene rings is 1. The molecule has 0 aromatic heterocycles. The number of hydrogen-bond donors (Lipinski definition) is 1. The first-order valence-electron chi connectivity index (χ1n) is 10.1. The largest absolute Gasteiger partial charge is 0.454 e. The normalized spacial score (nSPS) is 23.4. The Hall–Kier alpha value is -2.42. The van der Waals surface area contributed by atoms with E-state index in [9.17, 15) is 18.0 Å². The molecule has 0 spiro atoms. The van der Waals surface area contributed by atoms with Crippen molar-refractivity contribution in [1.29, 1.82) is 0 Å². The van der Waals surface area contributed by atoms with Crippen LogP contribution in [0.5, 0.6) is 0 Å². The molecule has 4 rings (SSSR count). The number of esters is 1. The molecule has 2 heterocycles. The Morgan fingerprint density at radius 2 is 1.83 bits per heavy atom. The second-order valence-corrected chi connectivity index (χ2v) is 9.32. The molecule has 156 valence electrons. The van der Waals surface area contributed by atoms with Crippen LogP contribution in [0.4, 0.5) is 0 Å². The molecule has 1 N–H and O–H groups in total. The topological polar surface area (TPSA) is 105 Å². The zero-order valence-corrected chi connectivity index (χ0v) is 17.0. The van der Waals surface area contributed by atoms with Gasteiger partial charge in [-0.3, -0.25) is 4.79 Å². The lowest BCUT2D eigenvalue weighted by molar-refractivity contribution is -0.153. The summed E-state index contributed by atoms with van der Waals surface area (Å²) in [6.07, 6.45) is 6.32. The minimum Gasteiger partial charge on any atom is -0.454 e. The fourth-order valence-electron chi connectivity index (χ4n) is 4.30. The zero-order valence-electron chi connectivity index (χ0n) is 16.2. The van der Waals surface area contributed by atoms with E-state index in [1.165, 1.54) is 6.07 Å². The second-order valence-electron chi connectivity index (χ2n) is 7.75. The Morgan fingerprint density at radius 3 is 2.62 bits per heavy atom. The van der Waals surface area contributed by atoms with Crippen LogP contribution in [0.25, 0.3) is 0 Å². The molecule has 29 heavy (non-hydrogen) atoms. The van der Waals surface area contributed by atoms with Crippen molar-refractivity contribution in [2.75, 3.05) is 13.2 Å². The van der Waals surface area contributed by atoms with Crippen molar-refractivity contribution in [2.45, 2.75) is 61.9 Å². The van der Waals surface area contributed by atoms with Gasteiger partial charge in [0.1, 0.15) is 10.9 Å². The molecule has 0 bridgehead atoms. The Labute approximate surface area is 170 Å². The molecule has 2 aliphatic heterocycles. The van der Waals surface area contributed by atoms with Gasteiger partial charge in [-0.15, -0.1) is 4.40 Å². The third-order valence-electron chi connectivity index (χ3n) is 5.73. The molecular weight excluding hydrogens is 394 g/mol. The fourth-order valence-corrected chi connectivity index (χ4v) is 5.52. The highest BCUT2D eigenvalue weighted by molar-refractivity contribution is 7.90. The first-order valence-corrected chi connectivity index (χ1v) is 11.6.